The molecule has 136 valence electrons. The van der Waals surface area contributed by atoms with Crippen molar-refractivity contribution < 1.29 is 13.9 Å². The minimum absolute atomic E-state index is 0.438. The van der Waals surface area contributed by atoms with Crippen LogP contribution in [-0.2, 0) is 17.6 Å². The Kier molecular flexibility index (Phi) is 5.19. The summed E-state index contributed by atoms with van der Waals surface area (Å²) in [7, 11) is 0. The van der Waals surface area contributed by atoms with Gasteiger partial charge in [0.05, 0.1) is 19.5 Å². The number of hydrogen-bond donors (Lipinski definition) is 0. The van der Waals surface area contributed by atoms with Crippen LogP contribution in [-0.4, -0.2) is 49.3 Å². The molecular weight excluding hydrogens is 330 g/mol. The zero-order valence-corrected chi connectivity index (χ0v) is 14.9. The third-order valence-electron chi connectivity index (χ3n) is 5.10. The SMILES string of the molecule is N#Cc1c(OCCN2CCOCC2)nc(-c2ccco2)c2c1CCCC2. The third-order valence-corrected chi connectivity index (χ3v) is 5.10. The van der Waals surface area contributed by atoms with Crippen LogP contribution in [0.5, 0.6) is 5.88 Å². The monoisotopic (exact) mass is 353 g/mol. The van der Waals surface area contributed by atoms with Gasteiger partial charge in [0.2, 0.25) is 5.88 Å². The fourth-order valence-corrected chi connectivity index (χ4v) is 3.73. The van der Waals surface area contributed by atoms with Gasteiger partial charge in [-0.1, -0.05) is 0 Å². The largest absolute Gasteiger partial charge is 0.475 e. The van der Waals surface area contributed by atoms with Crippen molar-refractivity contribution in [3.8, 4) is 23.4 Å². The smallest absolute Gasteiger partial charge is 0.232 e. The Bertz CT molecular complexity index is 790. The zero-order valence-electron chi connectivity index (χ0n) is 14.9. The highest BCUT2D eigenvalue weighted by Gasteiger charge is 2.25. The van der Waals surface area contributed by atoms with Crippen LogP contribution in [0.3, 0.4) is 0 Å². The Morgan fingerprint density at radius 3 is 2.73 bits per heavy atom. The zero-order chi connectivity index (χ0) is 17.8. The summed E-state index contributed by atoms with van der Waals surface area (Å²) in [5.74, 6) is 1.18. The van der Waals surface area contributed by atoms with Crippen molar-refractivity contribution >= 4 is 0 Å². The number of pyridine rings is 1. The first-order chi connectivity index (χ1) is 12.9. The second-order valence-electron chi connectivity index (χ2n) is 6.70. The van der Waals surface area contributed by atoms with Crippen molar-refractivity contribution in [2.24, 2.45) is 0 Å². The highest BCUT2D eigenvalue weighted by atomic mass is 16.5. The first-order valence-electron chi connectivity index (χ1n) is 9.29. The second kappa shape index (κ2) is 7.90. The molecule has 1 fully saturated rings. The Hall–Kier alpha value is -2.36. The van der Waals surface area contributed by atoms with E-state index < -0.39 is 0 Å². The molecule has 4 rings (SSSR count). The lowest BCUT2D eigenvalue weighted by atomic mass is 9.87. The molecule has 6 nitrogen and oxygen atoms in total. The Balaban J connectivity index is 1.60. The summed E-state index contributed by atoms with van der Waals surface area (Å²) < 4.78 is 16.9. The molecule has 0 bridgehead atoms. The number of nitrogens with zero attached hydrogens (tertiary/aromatic N) is 3. The van der Waals surface area contributed by atoms with Crippen LogP contribution in [0.2, 0.25) is 0 Å². The van der Waals surface area contributed by atoms with Crippen LogP contribution in [0.25, 0.3) is 11.5 Å². The summed E-state index contributed by atoms with van der Waals surface area (Å²) in [5, 5.41) is 9.72. The number of rotatable bonds is 5. The van der Waals surface area contributed by atoms with Gasteiger partial charge in [-0.3, -0.25) is 4.90 Å². The minimum atomic E-state index is 0.438. The van der Waals surface area contributed by atoms with Crippen molar-refractivity contribution in [1.29, 1.82) is 5.26 Å². The van der Waals surface area contributed by atoms with E-state index in [0.29, 0.717) is 18.1 Å². The maximum Gasteiger partial charge on any atom is 0.232 e. The summed E-state index contributed by atoms with van der Waals surface area (Å²) in [5.41, 5.74) is 3.65. The molecule has 2 aromatic heterocycles. The van der Waals surface area contributed by atoms with Crippen molar-refractivity contribution in [2.45, 2.75) is 25.7 Å². The highest BCUT2D eigenvalue weighted by Crippen LogP contribution is 2.36. The van der Waals surface area contributed by atoms with E-state index in [-0.39, 0.29) is 0 Å². The number of furan rings is 1. The van der Waals surface area contributed by atoms with Crippen LogP contribution >= 0.6 is 0 Å². The van der Waals surface area contributed by atoms with Gasteiger partial charge in [0.1, 0.15) is 23.9 Å². The lowest BCUT2D eigenvalue weighted by Gasteiger charge is -2.26. The van der Waals surface area contributed by atoms with E-state index in [2.05, 4.69) is 11.0 Å². The van der Waals surface area contributed by atoms with E-state index in [9.17, 15) is 5.26 Å². The van der Waals surface area contributed by atoms with Gasteiger partial charge in [0, 0.05) is 19.6 Å². The molecule has 26 heavy (non-hydrogen) atoms. The Morgan fingerprint density at radius 1 is 1.19 bits per heavy atom. The molecule has 6 heteroatoms. The topological polar surface area (TPSA) is 71.5 Å². The third kappa shape index (κ3) is 3.46. The van der Waals surface area contributed by atoms with Gasteiger partial charge in [-0.15, -0.1) is 0 Å². The molecule has 0 amide bonds. The quantitative estimate of drug-likeness (QED) is 0.823. The van der Waals surface area contributed by atoms with Gasteiger partial charge in [0.15, 0.2) is 5.76 Å². The normalized spacial score (nSPS) is 17.5. The van der Waals surface area contributed by atoms with Crippen molar-refractivity contribution in [1.82, 2.24) is 9.88 Å². The molecule has 0 unspecified atom stereocenters. The van der Waals surface area contributed by atoms with E-state index in [1.165, 1.54) is 0 Å². The summed E-state index contributed by atoms with van der Waals surface area (Å²) >= 11 is 0. The van der Waals surface area contributed by atoms with Gasteiger partial charge in [-0.05, 0) is 48.9 Å². The minimum Gasteiger partial charge on any atom is -0.475 e. The predicted molar refractivity (Wildman–Crippen MR) is 96.1 cm³/mol. The van der Waals surface area contributed by atoms with Crippen molar-refractivity contribution in [3.63, 3.8) is 0 Å². The number of fused-ring (bicyclic) bond motifs is 1. The Labute approximate surface area is 153 Å². The van der Waals surface area contributed by atoms with E-state index in [4.69, 9.17) is 18.9 Å². The molecule has 0 radical (unpaired) electrons. The lowest BCUT2D eigenvalue weighted by molar-refractivity contribution is 0.0320. The Morgan fingerprint density at radius 2 is 2.00 bits per heavy atom. The average molecular weight is 353 g/mol. The fourth-order valence-electron chi connectivity index (χ4n) is 3.73. The molecule has 0 aromatic carbocycles. The summed E-state index contributed by atoms with van der Waals surface area (Å²) in [6.07, 6.45) is 5.69. The van der Waals surface area contributed by atoms with Crippen LogP contribution in [0, 0.1) is 11.3 Å². The van der Waals surface area contributed by atoms with Crippen LogP contribution < -0.4 is 4.74 Å². The van der Waals surface area contributed by atoms with E-state index in [1.807, 2.05) is 12.1 Å². The van der Waals surface area contributed by atoms with Gasteiger partial charge < -0.3 is 13.9 Å². The molecule has 0 N–H and O–H groups in total. The summed E-state index contributed by atoms with van der Waals surface area (Å²) in [4.78, 5) is 7.01. The van der Waals surface area contributed by atoms with Gasteiger partial charge >= 0.3 is 0 Å². The van der Waals surface area contributed by atoms with Crippen LogP contribution in [0.4, 0.5) is 0 Å². The van der Waals surface area contributed by atoms with Crippen LogP contribution in [0.15, 0.2) is 22.8 Å². The number of aromatic nitrogens is 1. The first-order valence-corrected chi connectivity index (χ1v) is 9.29. The van der Waals surface area contributed by atoms with Gasteiger partial charge in [-0.25, -0.2) is 4.98 Å². The standard InChI is InChI=1S/C20H23N3O3/c21-14-17-15-4-1-2-5-16(15)19(18-6-3-10-25-18)22-20(17)26-13-9-23-7-11-24-12-8-23/h3,6,10H,1-2,4-5,7-9,11-13H2. The maximum absolute atomic E-state index is 9.72. The molecule has 3 heterocycles. The number of nitriles is 1. The van der Waals surface area contributed by atoms with E-state index in [0.717, 1.165) is 81.1 Å². The fraction of sp³-hybridized carbons (Fsp3) is 0.500. The van der Waals surface area contributed by atoms with Crippen LogP contribution in [0.1, 0.15) is 29.5 Å². The number of ether oxygens (including phenoxy) is 2. The average Bonchev–Trinajstić information content (AvgIpc) is 3.23. The van der Waals surface area contributed by atoms with Crippen molar-refractivity contribution in [3.05, 3.63) is 35.1 Å². The number of hydrogen-bond acceptors (Lipinski definition) is 6. The summed E-state index contributed by atoms with van der Waals surface area (Å²) in [6.45, 7) is 4.70. The molecular formula is C20H23N3O3. The first kappa shape index (κ1) is 17.1. The summed E-state index contributed by atoms with van der Waals surface area (Å²) in [6, 6.07) is 6.11. The van der Waals surface area contributed by atoms with Gasteiger partial charge in [-0.2, -0.15) is 5.26 Å². The van der Waals surface area contributed by atoms with Crippen molar-refractivity contribution in [2.75, 3.05) is 39.5 Å². The number of morpholine rings is 1. The molecule has 0 saturated carbocycles. The molecule has 1 aliphatic carbocycles. The molecule has 2 aliphatic rings. The highest BCUT2D eigenvalue weighted by molar-refractivity contribution is 5.65. The molecule has 0 spiro atoms. The molecule has 1 saturated heterocycles. The second-order valence-corrected chi connectivity index (χ2v) is 6.70. The lowest BCUT2D eigenvalue weighted by Crippen LogP contribution is -2.38. The molecule has 0 atom stereocenters. The molecule has 1 aliphatic heterocycles. The van der Waals surface area contributed by atoms with E-state index in [1.54, 1.807) is 6.26 Å². The van der Waals surface area contributed by atoms with E-state index >= 15 is 0 Å². The predicted octanol–water partition coefficient (Wildman–Crippen LogP) is 2.80. The maximum atomic E-state index is 9.72. The van der Waals surface area contributed by atoms with Gasteiger partial charge in [0.25, 0.3) is 0 Å². The molecule has 2 aromatic rings.